The van der Waals surface area contributed by atoms with Gasteiger partial charge in [-0.1, -0.05) is 55.0 Å². The first-order chi connectivity index (χ1) is 14.1. The number of benzene rings is 2. The van der Waals surface area contributed by atoms with Crippen molar-refractivity contribution >= 4 is 5.91 Å². The number of hydrogen-bond donors (Lipinski definition) is 1. The second-order valence-corrected chi connectivity index (χ2v) is 8.78. The maximum absolute atomic E-state index is 14.3. The molecule has 0 aromatic heterocycles. The average molecular weight is 394 g/mol. The summed E-state index contributed by atoms with van der Waals surface area (Å²) in [6.07, 6.45) is 3.15. The first kappa shape index (κ1) is 18.8. The molecular weight excluding hydrogens is 367 g/mol. The van der Waals surface area contributed by atoms with E-state index in [1.54, 1.807) is 6.07 Å². The lowest BCUT2D eigenvalue weighted by Crippen LogP contribution is -2.85. The van der Waals surface area contributed by atoms with Crippen LogP contribution in [0.15, 0.2) is 54.6 Å². The fourth-order valence-corrected chi connectivity index (χ4v) is 5.51. The Morgan fingerprint density at radius 3 is 2.38 bits per heavy atom. The van der Waals surface area contributed by atoms with E-state index < -0.39 is 0 Å². The fraction of sp³-hybridized carbons (Fsp3) is 0.458. The predicted octanol–water partition coefficient (Wildman–Crippen LogP) is 3.17. The predicted molar refractivity (Wildman–Crippen MR) is 109 cm³/mol. The van der Waals surface area contributed by atoms with E-state index in [1.807, 2.05) is 35.2 Å². The van der Waals surface area contributed by atoms with Crippen molar-refractivity contribution in [3.8, 4) is 0 Å². The number of carbonyl (C=O) groups excluding carboxylic acids is 1. The van der Waals surface area contributed by atoms with E-state index in [1.165, 1.54) is 11.6 Å². The molecule has 0 bridgehead atoms. The zero-order chi connectivity index (χ0) is 20.0. The first-order valence-electron chi connectivity index (χ1n) is 10.6. The van der Waals surface area contributed by atoms with Crippen molar-refractivity contribution in [1.82, 2.24) is 9.80 Å². The summed E-state index contributed by atoms with van der Waals surface area (Å²) in [5, 5.41) is 10.2. The minimum Gasteiger partial charge on any atom is -0.395 e. The van der Waals surface area contributed by atoms with Crippen molar-refractivity contribution < 1.29 is 14.3 Å². The average Bonchev–Trinajstić information content (AvgIpc) is 2.64. The molecule has 1 N–H and O–H groups in total. The van der Waals surface area contributed by atoms with Gasteiger partial charge in [0.05, 0.1) is 12.1 Å². The Morgan fingerprint density at radius 1 is 1.07 bits per heavy atom. The van der Waals surface area contributed by atoms with Crippen LogP contribution in [-0.2, 0) is 11.3 Å². The van der Waals surface area contributed by atoms with Gasteiger partial charge in [0.25, 0.3) is 0 Å². The van der Waals surface area contributed by atoms with Crippen molar-refractivity contribution in [3.63, 3.8) is 0 Å². The number of halogens is 1. The van der Waals surface area contributed by atoms with Crippen LogP contribution in [0.2, 0.25) is 0 Å². The minimum absolute atomic E-state index is 0.0202. The number of amides is 1. The van der Waals surface area contributed by atoms with E-state index in [0.717, 1.165) is 19.3 Å². The van der Waals surface area contributed by atoms with Crippen LogP contribution in [0.1, 0.15) is 36.3 Å². The Kier molecular flexibility index (Phi) is 4.67. The summed E-state index contributed by atoms with van der Waals surface area (Å²) < 4.78 is 14.3. The van der Waals surface area contributed by atoms with Gasteiger partial charge in [0, 0.05) is 43.1 Å². The molecule has 3 aliphatic rings. The van der Waals surface area contributed by atoms with Crippen LogP contribution in [0.25, 0.3) is 0 Å². The molecule has 2 saturated heterocycles. The fourth-order valence-electron chi connectivity index (χ4n) is 5.51. The number of likely N-dealkylation sites (tertiary alicyclic amines) is 2. The lowest BCUT2D eigenvalue weighted by Gasteiger charge is -2.71. The molecule has 0 radical (unpaired) electrons. The highest BCUT2D eigenvalue weighted by Crippen LogP contribution is 2.55. The molecule has 0 unspecified atom stereocenters. The molecule has 152 valence electrons. The van der Waals surface area contributed by atoms with Crippen molar-refractivity contribution in [2.45, 2.75) is 43.3 Å². The quantitative estimate of drug-likeness (QED) is 0.847. The van der Waals surface area contributed by atoms with Gasteiger partial charge in [-0.3, -0.25) is 9.69 Å². The minimum atomic E-state index is -0.226. The largest absolute Gasteiger partial charge is 0.395 e. The SMILES string of the molecule is O=C(C1CCC1)N1CC2(C1)[C@H](c1ccccc1)[C@H](CO)N2Cc1ccccc1F. The third-order valence-corrected chi connectivity index (χ3v) is 7.28. The molecule has 2 atom stereocenters. The van der Waals surface area contributed by atoms with E-state index in [0.29, 0.717) is 25.2 Å². The van der Waals surface area contributed by atoms with Crippen LogP contribution in [0.3, 0.4) is 0 Å². The number of aliphatic hydroxyl groups excluding tert-OH is 1. The molecule has 2 heterocycles. The molecule has 29 heavy (non-hydrogen) atoms. The lowest BCUT2D eigenvalue weighted by atomic mass is 9.60. The van der Waals surface area contributed by atoms with Crippen LogP contribution in [-0.4, -0.2) is 52.1 Å². The van der Waals surface area contributed by atoms with E-state index in [4.69, 9.17) is 0 Å². The zero-order valence-corrected chi connectivity index (χ0v) is 16.5. The maximum Gasteiger partial charge on any atom is 0.225 e. The summed E-state index contributed by atoms with van der Waals surface area (Å²) in [5.41, 5.74) is 1.60. The molecule has 2 aliphatic heterocycles. The lowest BCUT2D eigenvalue weighted by molar-refractivity contribution is -0.203. The van der Waals surface area contributed by atoms with Gasteiger partial charge in [0.1, 0.15) is 5.82 Å². The summed E-state index contributed by atoms with van der Waals surface area (Å²) >= 11 is 0. The van der Waals surface area contributed by atoms with E-state index in [-0.39, 0.29) is 41.7 Å². The maximum atomic E-state index is 14.3. The normalized spacial score (nSPS) is 25.9. The van der Waals surface area contributed by atoms with Gasteiger partial charge in [-0.15, -0.1) is 0 Å². The smallest absolute Gasteiger partial charge is 0.225 e. The Bertz CT molecular complexity index is 893. The molecule has 1 spiro atoms. The van der Waals surface area contributed by atoms with Gasteiger partial charge < -0.3 is 10.0 Å². The number of carbonyl (C=O) groups is 1. The molecule has 2 aromatic carbocycles. The van der Waals surface area contributed by atoms with Crippen LogP contribution < -0.4 is 0 Å². The molecule has 1 aliphatic carbocycles. The molecule has 4 nitrogen and oxygen atoms in total. The summed E-state index contributed by atoms with van der Waals surface area (Å²) in [6.45, 7) is 1.79. The second-order valence-electron chi connectivity index (χ2n) is 8.78. The summed E-state index contributed by atoms with van der Waals surface area (Å²) in [6, 6.07) is 17.0. The third kappa shape index (κ3) is 2.90. The Balaban J connectivity index is 1.43. The van der Waals surface area contributed by atoms with Crippen LogP contribution >= 0.6 is 0 Å². The Hall–Kier alpha value is -2.24. The molecular formula is C24H27FN2O2. The molecule has 2 aromatic rings. The summed E-state index contributed by atoms with van der Waals surface area (Å²) in [4.78, 5) is 17.0. The Morgan fingerprint density at radius 2 is 1.76 bits per heavy atom. The number of aliphatic hydroxyl groups is 1. The van der Waals surface area contributed by atoms with Gasteiger partial charge in [-0.2, -0.15) is 0 Å². The van der Waals surface area contributed by atoms with Crippen LogP contribution in [0, 0.1) is 11.7 Å². The van der Waals surface area contributed by atoms with Crippen LogP contribution in [0.5, 0.6) is 0 Å². The van der Waals surface area contributed by atoms with E-state index >= 15 is 0 Å². The van der Waals surface area contributed by atoms with E-state index in [2.05, 4.69) is 17.0 Å². The number of hydrogen-bond acceptors (Lipinski definition) is 3. The van der Waals surface area contributed by atoms with Gasteiger partial charge in [0.15, 0.2) is 0 Å². The number of nitrogens with zero attached hydrogens (tertiary/aromatic N) is 2. The highest BCUT2D eigenvalue weighted by atomic mass is 19.1. The first-order valence-corrected chi connectivity index (χ1v) is 10.6. The van der Waals surface area contributed by atoms with Gasteiger partial charge in [-0.05, 0) is 24.5 Å². The summed E-state index contributed by atoms with van der Waals surface area (Å²) in [7, 11) is 0. The van der Waals surface area contributed by atoms with Crippen molar-refractivity contribution in [1.29, 1.82) is 0 Å². The number of rotatable bonds is 5. The third-order valence-electron chi connectivity index (χ3n) is 7.28. The summed E-state index contributed by atoms with van der Waals surface area (Å²) in [5.74, 6) is 0.387. The topological polar surface area (TPSA) is 43.8 Å². The molecule has 5 heteroatoms. The molecule has 1 amide bonds. The molecule has 5 rings (SSSR count). The van der Waals surface area contributed by atoms with Crippen molar-refractivity contribution in [3.05, 3.63) is 71.5 Å². The standard InChI is InChI=1S/C24H27FN2O2/c25-20-12-5-4-9-19(20)13-27-21(14-28)22(17-7-2-1-3-8-17)24(27)15-26(16-24)23(29)18-10-6-11-18/h1-5,7-9,12,18,21-22,28H,6,10-11,13-16H2/t21-,22+/m0/s1. The highest BCUT2D eigenvalue weighted by Gasteiger charge is 2.66. The molecule has 3 fully saturated rings. The van der Waals surface area contributed by atoms with Crippen molar-refractivity contribution in [2.24, 2.45) is 5.92 Å². The van der Waals surface area contributed by atoms with Gasteiger partial charge >= 0.3 is 0 Å². The second kappa shape index (κ2) is 7.22. The van der Waals surface area contributed by atoms with Gasteiger partial charge in [0.2, 0.25) is 5.91 Å². The zero-order valence-electron chi connectivity index (χ0n) is 16.5. The van der Waals surface area contributed by atoms with Crippen LogP contribution in [0.4, 0.5) is 4.39 Å². The molecule has 1 saturated carbocycles. The Labute approximate surface area is 170 Å². The van der Waals surface area contributed by atoms with Crippen molar-refractivity contribution in [2.75, 3.05) is 19.7 Å². The van der Waals surface area contributed by atoms with Gasteiger partial charge in [-0.25, -0.2) is 4.39 Å². The monoisotopic (exact) mass is 394 g/mol. The highest BCUT2D eigenvalue weighted by molar-refractivity contribution is 5.81. The van der Waals surface area contributed by atoms with E-state index in [9.17, 15) is 14.3 Å².